The normalized spacial score (nSPS) is 13.0. The largest absolute Gasteiger partial charge is 0.417 e. The molecule has 0 spiro atoms. The van der Waals surface area contributed by atoms with E-state index in [9.17, 15) is 4.79 Å². The maximum atomic E-state index is 11.0. The number of fused-ring (bicyclic) bond motifs is 1. The van der Waals surface area contributed by atoms with Gasteiger partial charge in [-0.15, -0.1) is 0 Å². The van der Waals surface area contributed by atoms with Crippen LogP contribution in [-0.2, 0) is 6.54 Å². The summed E-state index contributed by atoms with van der Waals surface area (Å²) < 4.78 is 5.02. The van der Waals surface area contributed by atoms with Gasteiger partial charge < -0.3 is 15.5 Å². The number of nitrogens with two attached hydrogens (primary N) is 1. The first-order valence-electron chi connectivity index (χ1n) is 6.21. The van der Waals surface area contributed by atoms with Crippen molar-refractivity contribution in [3.8, 4) is 0 Å². The Hall–Kier alpha value is -1.59. The summed E-state index contributed by atoms with van der Waals surface area (Å²) in [4.78, 5) is 13.6. The molecule has 0 radical (unpaired) electrons. The Morgan fingerprint density at radius 1 is 1.50 bits per heavy atom. The first kappa shape index (κ1) is 12.9. The lowest BCUT2D eigenvalue weighted by Crippen LogP contribution is -2.20. The van der Waals surface area contributed by atoms with E-state index in [-0.39, 0.29) is 0 Å². The molecule has 4 N–H and O–H groups in total. The van der Waals surface area contributed by atoms with E-state index in [2.05, 4.69) is 17.2 Å². The van der Waals surface area contributed by atoms with Gasteiger partial charge in [-0.2, -0.15) is 0 Å². The molecule has 1 aromatic heterocycles. The van der Waals surface area contributed by atoms with Gasteiger partial charge in [0, 0.05) is 6.54 Å². The van der Waals surface area contributed by atoms with E-state index in [1.54, 1.807) is 0 Å². The van der Waals surface area contributed by atoms with Crippen LogP contribution < -0.4 is 16.8 Å². The molecule has 2 aromatic rings. The maximum Gasteiger partial charge on any atom is 0.417 e. The van der Waals surface area contributed by atoms with Crippen LogP contribution in [0.4, 0.5) is 0 Å². The molecule has 0 amide bonds. The molecule has 1 unspecified atom stereocenters. The van der Waals surface area contributed by atoms with Gasteiger partial charge in [-0.1, -0.05) is 13.0 Å². The van der Waals surface area contributed by atoms with Gasteiger partial charge >= 0.3 is 5.76 Å². The minimum Gasteiger partial charge on any atom is -0.408 e. The standard InChI is InChI=1S/C13H19N3O2/c1-9(7-14)4-5-15-8-10-2-3-11-12(6-10)18-13(17)16-11/h2-3,6,9,15H,4-5,7-8,14H2,1H3,(H,16,17). The van der Waals surface area contributed by atoms with Crippen molar-refractivity contribution in [2.24, 2.45) is 11.7 Å². The predicted octanol–water partition coefficient (Wildman–Crippen LogP) is 1.20. The molecule has 1 heterocycles. The Kier molecular flexibility index (Phi) is 4.17. The van der Waals surface area contributed by atoms with E-state index >= 15 is 0 Å². The summed E-state index contributed by atoms with van der Waals surface area (Å²) >= 11 is 0. The summed E-state index contributed by atoms with van der Waals surface area (Å²) in [5.41, 5.74) is 8.00. The van der Waals surface area contributed by atoms with Crippen molar-refractivity contribution in [2.45, 2.75) is 19.9 Å². The monoisotopic (exact) mass is 249 g/mol. The summed E-state index contributed by atoms with van der Waals surface area (Å²) in [6.07, 6.45) is 1.07. The smallest absolute Gasteiger partial charge is 0.408 e. The van der Waals surface area contributed by atoms with Gasteiger partial charge in [0.05, 0.1) is 5.52 Å². The molecule has 0 saturated heterocycles. The first-order chi connectivity index (χ1) is 8.69. The topological polar surface area (TPSA) is 84.0 Å². The highest BCUT2D eigenvalue weighted by atomic mass is 16.4. The van der Waals surface area contributed by atoms with E-state index in [0.717, 1.165) is 37.1 Å². The molecule has 0 aliphatic heterocycles. The van der Waals surface area contributed by atoms with E-state index in [1.807, 2.05) is 18.2 Å². The third-order valence-corrected chi connectivity index (χ3v) is 3.03. The second kappa shape index (κ2) is 5.84. The zero-order chi connectivity index (χ0) is 13.0. The van der Waals surface area contributed by atoms with Crippen LogP contribution in [0.15, 0.2) is 27.4 Å². The Labute approximate surface area is 105 Å². The Morgan fingerprint density at radius 2 is 2.33 bits per heavy atom. The molecule has 0 aliphatic carbocycles. The number of aromatic amines is 1. The Bertz CT molecular complexity index is 559. The summed E-state index contributed by atoms with van der Waals surface area (Å²) in [6.45, 7) is 4.57. The SMILES string of the molecule is CC(CN)CCNCc1ccc2[nH]c(=O)oc2c1. The minimum atomic E-state index is -0.410. The number of H-pyrrole nitrogens is 1. The highest BCUT2D eigenvalue weighted by molar-refractivity contribution is 5.72. The molecule has 0 saturated carbocycles. The number of nitrogens with one attached hydrogen (secondary N) is 2. The highest BCUT2D eigenvalue weighted by Crippen LogP contribution is 2.12. The molecular weight excluding hydrogens is 230 g/mol. The van der Waals surface area contributed by atoms with E-state index in [0.29, 0.717) is 11.5 Å². The number of rotatable bonds is 6. The third-order valence-electron chi connectivity index (χ3n) is 3.03. The van der Waals surface area contributed by atoms with Crippen LogP contribution in [0.25, 0.3) is 11.1 Å². The number of hydrogen-bond donors (Lipinski definition) is 3. The second-order valence-electron chi connectivity index (χ2n) is 4.65. The molecule has 1 atom stereocenters. The zero-order valence-electron chi connectivity index (χ0n) is 10.5. The Balaban J connectivity index is 1.89. The summed E-state index contributed by atoms with van der Waals surface area (Å²) in [5.74, 6) is 0.134. The van der Waals surface area contributed by atoms with Crippen molar-refractivity contribution in [1.82, 2.24) is 10.3 Å². The molecule has 5 heteroatoms. The number of oxazole rings is 1. The molecule has 5 nitrogen and oxygen atoms in total. The molecule has 0 fully saturated rings. The van der Waals surface area contributed by atoms with Crippen LogP contribution in [0.2, 0.25) is 0 Å². The average molecular weight is 249 g/mol. The number of hydrogen-bond acceptors (Lipinski definition) is 4. The lowest BCUT2D eigenvalue weighted by atomic mass is 10.1. The van der Waals surface area contributed by atoms with Gasteiger partial charge in [-0.3, -0.25) is 4.98 Å². The van der Waals surface area contributed by atoms with Crippen molar-refractivity contribution in [2.75, 3.05) is 13.1 Å². The third kappa shape index (κ3) is 3.21. The van der Waals surface area contributed by atoms with Crippen LogP contribution in [0.3, 0.4) is 0 Å². The average Bonchev–Trinajstić information content (AvgIpc) is 2.73. The summed E-state index contributed by atoms with van der Waals surface area (Å²) in [7, 11) is 0. The van der Waals surface area contributed by atoms with Crippen LogP contribution >= 0.6 is 0 Å². The summed E-state index contributed by atoms with van der Waals surface area (Å²) in [5, 5.41) is 3.35. The minimum absolute atomic E-state index is 0.410. The van der Waals surface area contributed by atoms with Gasteiger partial charge in [-0.05, 0) is 43.1 Å². The fourth-order valence-corrected chi connectivity index (χ4v) is 1.80. The van der Waals surface area contributed by atoms with Gasteiger partial charge in [0.1, 0.15) is 0 Å². The molecule has 0 aliphatic rings. The first-order valence-corrected chi connectivity index (χ1v) is 6.21. The van der Waals surface area contributed by atoms with Crippen LogP contribution in [0.1, 0.15) is 18.9 Å². The molecule has 18 heavy (non-hydrogen) atoms. The molecule has 98 valence electrons. The van der Waals surface area contributed by atoms with Crippen molar-refractivity contribution in [3.63, 3.8) is 0 Å². The van der Waals surface area contributed by atoms with Crippen molar-refractivity contribution in [1.29, 1.82) is 0 Å². The Morgan fingerprint density at radius 3 is 3.11 bits per heavy atom. The quantitative estimate of drug-likeness (QED) is 0.671. The molecular formula is C13H19N3O2. The maximum absolute atomic E-state index is 11.0. The molecule has 0 bridgehead atoms. The number of aromatic nitrogens is 1. The summed E-state index contributed by atoms with van der Waals surface area (Å²) in [6, 6.07) is 5.72. The van der Waals surface area contributed by atoms with Crippen LogP contribution in [0, 0.1) is 5.92 Å². The van der Waals surface area contributed by atoms with E-state index in [4.69, 9.17) is 10.2 Å². The van der Waals surface area contributed by atoms with E-state index in [1.165, 1.54) is 0 Å². The van der Waals surface area contributed by atoms with Gasteiger partial charge in [0.2, 0.25) is 0 Å². The fraction of sp³-hybridized carbons (Fsp3) is 0.462. The second-order valence-corrected chi connectivity index (χ2v) is 4.65. The fourth-order valence-electron chi connectivity index (χ4n) is 1.80. The molecule has 2 rings (SSSR count). The van der Waals surface area contributed by atoms with Crippen molar-refractivity contribution in [3.05, 3.63) is 34.3 Å². The van der Waals surface area contributed by atoms with Crippen LogP contribution in [0.5, 0.6) is 0 Å². The highest BCUT2D eigenvalue weighted by Gasteiger charge is 2.02. The van der Waals surface area contributed by atoms with E-state index < -0.39 is 5.76 Å². The molecule has 1 aromatic carbocycles. The van der Waals surface area contributed by atoms with Gasteiger partial charge in [0.25, 0.3) is 0 Å². The predicted molar refractivity (Wildman–Crippen MR) is 71.4 cm³/mol. The number of benzene rings is 1. The lowest BCUT2D eigenvalue weighted by Gasteiger charge is -2.09. The zero-order valence-corrected chi connectivity index (χ0v) is 10.5. The van der Waals surface area contributed by atoms with Crippen molar-refractivity contribution >= 4 is 11.1 Å². The van der Waals surface area contributed by atoms with Gasteiger partial charge in [0.15, 0.2) is 5.58 Å². The lowest BCUT2D eigenvalue weighted by molar-refractivity contribution is 0.509. The van der Waals surface area contributed by atoms with Crippen LogP contribution in [-0.4, -0.2) is 18.1 Å². The van der Waals surface area contributed by atoms with Crippen molar-refractivity contribution < 1.29 is 4.42 Å². The van der Waals surface area contributed by atoms with Gasteiger partial charge in [-0.25, -0.2) is 4.79 Å².